The smallest absolute Gasteiger partial charge is 0.0570 e. The fourth-order valence-electron chi connectivity index (χ4n) is 0.802. The zero-order chi connectivity index (χ0) is 7.98. The van der Waals surface area contributed by atoms with Gasteiger partial charge < -0.3 is 5.21 Å². The van der Waals surface area contributed by atoms with Crippen molar-refractivity contribution in [2.75, 3.05) is 0 Å². The maximum absolute atomic E-state index is 8.46. The quantitative estimate of drug-likeness (QED) is 0.366. The highest BCUT2D eigenvalue weighted by Crippen LogP contribution is 2.08. The fourth-order valence-corrected chi connectivity index (χ4v) is 0.802. The van der Waals surface area contributed by atoms with Crippen LogP contribution in [0.4, 0.5) is 0 Å². The molecule has 60 valence electrons. The molecule has 0 heterocycles. The molecule has 10 heavy (non-hydrogen) atoms. The molecule has 2 nitrogen and oxygen atoms in total. The molecule has 0 amide bonds. The summed E-state index contributed by atoms with van der Waals surface area (Å²) in [6, 6.07) is 0. The highest BCUT2D eigenvalue weighted by atomic mass is 16.4. The molecule has 0 aromatic carbocycles. The van der Waals surface area contributed by atoms with Crippen molar-refractivity contribution < 1.29 is 5.21 Å². The third-order valence-electron chi connectivity index (χ3n) is 1.83. The molecule has 0 spiro atoms. The number of rotatable bonds is 4. The van der Waals surface area contributed by atoms with Gasteiger partial charge in [-0.05, 0) is 18.8 Å². The summed E-state index contributed by atoms with van der Waals surface area (Å²) >= 11 is 0. The molecule has 0 saturated carbocycles. The van der Waals surface area contributed by atoms with Crippen LogP contribution in [0, 0.1) is 5.92 Å². The van der Waals surface area contributed by atoms with Gasteiger partial charge in [0.15, 0.2) is 0 Å². The molecule has 0 rings (SSSR count). The first-order valence-corrected chi connectivity index (χ1v) is 3.94. The van der Waals surface area contributed by atoms with Crippen LogP contribution in [0.15, 0.2) is 5.16 Å². The minimum absolute atomic E-state index is 0.644. The van der Waals surface area contributed by atoms with Crippen LogP contribution >= 0.6 is 0 Å². The van der Waals surface area contributed by atoms with E-state index >= 15 is 0 Å². The summed E-state index contributed by atoms with van der Waals surface area (Å²) in [5.41, 5.74) is 0.911. The van der Waals surface area contributed by atoms with Crippen molar-refractivity contribution in [2.45, 2.75) is 40.0 Å². The second-order valence-corrected chi connectivity index (χ2v) is 2.74. The van der Waals surface area contributed by atoms with Gasteiger partial charge in [0.2, 0.25) is 0 Å². The Morgan fingerprint density at radius 3 is 2.40 bits per heavy atom. The Labute approximate surface area is 62.9 Å². The minimum atomic E-state index is 0.644. The molecule has 0 aliphatic carbocycles. The first kappa shape index (κ1) is 9.47. The third-order valence-corrected chi connectivity index (χ3v) is 1.83. The van der Waals surface area contributed by atoms with E-state index in [1.165, 1.54) is 0 Å². The fraction of sp³-hybridized carbons (Fsp3) is 0.875. The zero-order valence-electron chi connectivity index (χ0n) is 7.09. The van der Waals surface area contributed by atoms with E-state index in [0.717, 1.165) is 25.0 Å². The van der Waals surface area contributed by atoms with Gasteiger partial charge in [0.05, 0.1) is 5.71 Å². The van der Waals surface area contributed by atoms with Gasteiger partial charge in [-0.25, -0.2) is 0 Å². The molecule has 0 aromatic rings. The van der Waals surface area contributed by atoms with Gasteiger partial charge in [-0.2, -0.15) is 0 Å². The van der Waals surface area contributed by atoms with Gasteiger partial charge in [0, 0.05) is 0 Å². The van der Waals surface area contributed by atoms with Crippen LogP contribution in [0.1, 0.15) is 40.0 Å². The van der Waals surface area contributed by atoms with Crippen molar-refractivity contribution in [3.8, 4) is 0 Å². The molecule has 2 heteroatoms. The Morgan fingerprint density at radius 2 is 2.10 bits per heavy atom. The maximum Gasteiger partial charge on any atom is 0.0570 e. The number of nitrogens with zero attached hydrogens (tertiary/aromatic N) is 1. The average molecular weight is 143 g/mol. The molecule has 1 atom stereocenters. The summed E-state index contributed by atoms with van der Waals surface area (Å²) in [7, 11) is 0. The van der Waals surface area contributed by atoms with Gasteiger partial charge >= 0.3 is 0 Å². The predicted molar refractivity (Wildman–Crippen MR) is 43.6 cm³/mol. The molecule has 0 aromatic heterocycles. The molecule has 0 aliphatic heterocycles. The summed E-state index contributed by atoms with van der Waals surface area (Å²) < 4.78 is 0. The van der Waals surface area contributed by atoms with Crippen LogP contribution in [0.2, 0.25) is 0 Å². The van der Waals surface area contributed by atoms with E-state index in [2.05, 4.69) is 19.0 Å². The van der Waals surface area contributed by atoms with Crippen molar-refractivity contribution in [2.24, 2.45) is 11.1 Å². The zero-order valence-corrected chi connectivity index (χ0v) is 7.09. The normalized spacial score (nSPS) is 15.3. The predicted octanol–water partition coefficient (Wildman–Crippen LogP) is 2.66. The van der Waals surface area contributed by atoms with E-state index in [4.69, 9.17) is 5.21 Å². The maximum atomic E-state index is 8.46. The van der Waals surface area contributed by atoms with E-state index < -0.39 is 0 Å². The van der Waals surface area contributed by atoms with Crippen LogP contribution in [0.3, 0.4) is 0 Å². The van der Waals surface area contributed by atoms with E-state index in [0.29, 0.717) is 5.92 Å². The standard InChI is InChI=1S/C8H17NO/c1-4-7(3)6-8(5-2)9-10/h7,10H,4-6H2,1-3H3/t7-/m0/s1. The summed E-state index contributed by atoms with van der Waals surface area (Å²) in [6.07, 6.45) is 2.95. The highest BCUT2D eigenvalue weighted by molar-refractivity contribution is 5.83. The van der Waals surface area contributed by atoms with Crippen molar-refractivity contribution in [1.29, 1.82) is 0 Å². The molecule has 0 aliphatic rings. The van der Waals surface area contributed by atoms with Crippen LogP contribution < -0.4 is 0 Å². The van der Waals surface area contributed by atoms with Gasteiger partial charge in [0.25, 0.3) is 0 Å². The van der Waals surface area contributed by atoms with E-state index in [1.54, 1.807) is 0 Å². The van der Waals surface area contributed by atoms with E-state index in [1.807, 2.05) is 6.92 Å². The molecule has 0 unspecified atom stereocenters. The average Bonchev–Trinajstić information content (AvgIpc) is 1.99. The Balaban J connectivity index is 3.64. The molecule has 0 fully saturated rings. The van der Waals surface area contributed by atoms with Crippen molar-refractivity contribution in [1.82, 2.24) is 0 Å². The summed E-state index contributed by atoms with van der Waals surface area (Å²) in [6.45, 7) is 6.33. The summed E-state index contributed by atoms with van der Waals surface area (Å²) in [5, 5.41) is 11.7. The summed E-state index contributed by atoms with van der Waals surface area (Å²) in [5.74, 6) is 0.644. The second-order valence-electron chi connectivity index (χ2n) is 2.74. The Kier molecular flexibility index (Phi) is 4.99. The monoisotopic (exact) mass is 143 g/mol. The molecular formula is C8H17NO. The van der Waals surface area contributed by atoms with E-state index in [-0.39, 0.29) is 0 Å². The topological polar surface area (TPSA) is 32.6 Å². The molecule has 0 saturated heterocycles. The number of oxime groups is 1. The SMILES string of the molecule is CCC(C[C@@H](C)CC)=NO. The van der Waals surface area contributed by atoms with Gasteiger partial charge in [-0.1, -0.05) is 32.3 Å². The van der Waals surface area contributed by atoms with Crippen LogP contribution in [0.5, 0.6) is 0 Å². The molecule has 1 N–H and O–H groups in total. The Bertz CT molecular complexity index is 110. The first-order chi connectivity index (χ1) is 4.74. The molecule has 0 radical (unpaired) electrons. The van der Waals surface area contributed by atoms with Crippen molar-refractivity contribution in [3.05, 3.63) is 0 Å². The molecule has 0 bridgehead atoms. The minimum Gasteiger partial charge on any atom is -0.411 e. The largest absolute Gasteiger partial charge is 0.411 e. The number of hydrogen-bond donors (Lipinski definition) is 1. The van der Waals surface area contributed by atoms with Gasteiger partial charge in [0.1, 0.15) is 0 Å². The molecular weight excluding hydrogens is 126 g/mol. The third kappa shape index (κ3) is 3.49. The second kappa shape index (κ2) is 5.27. The van der Waals surface area contributed by atoms with E-state index in [9.17, 15) is 0 Å². The highest BCUT2D eigenvalue weighted by Gasteiger charge is 2.02. The Morgan fingerprint density at radius 1 is 1.50 bits per heavy atom. The lowest BCUT2D eigenvalue weighted by Crippen LogP contribution is -2.03. The lowest BCUT2D eigenvalue weighted by molar-refractivity contribution is 0.315. The van der Waals surface area contributed by atoms with Gasteiger partial charge in [-0.3, -0.25) is 0 Å². The van der Waals surface area contributed by atoms with Crippen LogP contribution in [-0.2, 0) is 0 Å². The van der Waals surface area contributed by atoms with Gasteiger partial charge in [-0.15, -0.1) is 0 Å². The van der Waals surface area contributed by atoms with Crippen LogP contribution in [-0.4, -0.2) is 10.9 Å². The Hall–Kier alpha value is -0.530. The van der Waals surface area contributed by atoms with Crippen molar-refractivity contribution in [3.63, 3.8) is 0 Å². The van der Waals surface area contributed by atoms with Crippen molar-refractivity contribution >= 4 is 5.71 Å². The number of hydrogen-bond acceptors (Lipinski definition) is 2. The summed E-state index contributed by atoms with van der Waals surface area (Å²) in [4.78, 5) is 0. The first-order valence-electron chi connectivity index (χ1n) is 3.94. The lowest BCUT2D eigenvalue weighted by atomic mass is 10.0. The van der Waals surface area contributed by atoms with Crippen LogP contribution in [0.25, 0.3) is 0 Å². The lowest BCUT2D eigenvalue weighted by Gasteiger charge is -2.06.